The standard InChI is InChI=1S/C19H24FNO2/c20-17-5-1-3-15(11-17)6-7-16-4-2-10-21(12-16)13-18-8-9-19(14-22)23-18/h1,3,5,8-9,11,16,22H,2,4,6-7,10,12-14H2/t16-/m0/s1. The third kappa shape index (κ3) is 4.66. The van der Waals surface area contributed by atoms with Gasteiger partial charge in [0.2, 0.25) is 0 Å². The number of likely N-dealkylation sites (tertiary alicyclic amines) is 1. The molecule has 4 heteroatoms. The Morgan fingerprint density at radius 3 is 2.87 bits per heavy atom. The van der Waals surface area contributed by atoms with Gasteiger partial charge in [0, 0.05) is 6.54 Å². The summed E-state index contributed by atoms with van der Waals surface area (Å²) in [7, 11) is 0. The molecule has 23 heavy (non-hydrogen) atoms. The second-order valence-corrected chi connectivity index (χ2v) is 6.44. The lowest BCUT2D eigenvalue weighted by molar-refractivity contribution is 0.149. The molecule has 0 amide bonds. The van der Waals surface area contributed by atoms with Crippen molar-refractivity contribution in [3.63, 3.8) is 0 Å². The molecular weight excluding hydrogens is 293 g/mol. The van der Waals surface area contributed by atoms with Gasteiger partial charge in [0.1, 0.15) is 23.9 Å². The van der Waals surface area contributed by atoms with Crippen LogP contribution in [0.1, 0.15) is 36.3 Å². The Morgan fingerprint density at radius 2 is 2.09 bits per heavy atom. The highest BCUT2D eigenvalue weighted by Gasteiger charge is 2.20. The van der Waals surface area contributed by atoms with Gasteiger partial charge < -0.3 is 9.52 Å². The molecule has 1 aliphatic rings. The van der Waals surface area contributed by atoms with Crippen LogP contribution in [0.15, 0.2) is 40.8 Å². The van der Waals surface area contributed by atoms with Crippen molar-refractivity contribution in [2.24, 2.45) is 5.92 Å². The Morgan fingerprint density at radius 1 is 1.22 bits per heavy atom. The van der Waals surface area contributed by atoms with E-state index in [1.807, 2.05) is 18.2 Å². The van der Waals surface area contributed by atoms with Crippen LogP contribution in [-0.4, -0.2) is 23.1 Å². The van der Waals surface area contributed by atoms with E-state index >= 15 is 0 Å². The summed E-state index contributed by atoms with van der Waals surface area (Å²) in [5.74, 6) is 2.05. The fourth-order valence-electron chi connectivity index (χ4n) is 3.41. The van der Waals surface area contributed by atoms with Crippen LogP contribution in [0.25, 0.3) is 0 Å². The third-order valence-electron chi connectivity index (χ3n) is 4.59. The van der Waals surface area contributed by atoms with Gasteiger partial charge in [-0.1, -0.05) is 12.1 Å². The number of hydrogen-bond acceptors (Lipinski definition) is 3. The van der Waals surface area contributed by atoms with Gasteiger partial charge in [-0.2, -0.15) is 0 Å². The molecule has 3 nitrogen and oxygen atoms in total. The molecule has 2 heterocycles. The van der Waals surface area contributed by atoms with E-state index in [1.165, 1.54) is 18.9 Å². The summed E-state index contributed by atoms with van der Waals surface area (Å²) in [5, 5.41) is 9.06. The van der Waals surface area contributed by atoms with Crippen molar-refractivity contribution in [1.29, 1.82) is 0 Å². The van der Waals surface area contributed by atoms with E-state index < -0.39 is 0 Å². The summed E-state index contributed by atoms with van der Waals surface area (Å²) >= 11 is 0. The van der Waals surface area contributed by atoms with Crippen molar-refractivity contribution in [3.05, 3.63) is 59.3 Å². The van der Waals surface area contributed by atoms with Crippen molar-refractivity contribution >= 4 is 0 Å². The van der Waals surface area contributed by atoms with Gasteiger partial charge in [-0.15, -0.1) is 0 Å². The Kier molecular flexibility index (Phi) is 5.47. The maximum absolute atomic E-state index is 13.2. The Balaban J connectivity index is 1.49. The van der Waals surface area contributed by atoms with E-state index in [0.717, 1.165) is 43.8 Å². The van der Waals surface area contributed by atoms with E-state index in [9.17, 15) is 4.39 Å². The average Bonchev–Trinajstić information content (AvgIpc) is 3.01. The van der Waals surface area contributed by atoms with Crippen LogP contribution < -0.4 is 0 Å². The summed E-state index contributed by atoms with van der Waals surface area (Å²) < 4.78 is 18.8. The van der Waals surface area contributed by atoms with Crippen molar-refractivity contribution in [2.75, 3.05) is 13.1 Å². The number of aryl methyl sites for hydroxylation is 1. The lowest BCUT2D eigenvalue weighted by atomic mass is 9.91. The van der Waals surface area contributed by atoms with Crippen molar-refractivity contribution < 1.29 is 13.9 Å². The summed E-state index contributed by atoms with van der Waals surface area (Å²) in [4.78, 5) is 2.42. The minimum Gasteiger partial charge on any atom is -0.462 e. The zero-order valence-corrected chi connectivity index (χ0v) is 13.4. The minimum atomic E-state index is -0.148. The molecule has 1 atom stereocenters. The lowest BCUT2D eigenvalue weighted by Crippen LogP contribution is -2.35. The molecule has 0 radical (unpaired) electrons. The largest absolute Gasteiger partial charge is 0.462 e. The first-order chi connectivity index (χ1) is 11.2. The Bertz CT molecular complexity index is 625. The topological polar surface area (TPSA) is 36.6 Å². The molecule has 1 fully saturated rings. The smallest absolute Gasteiger partial charge is 0.129 e. The first-order valence-electron chi connectivity index (χ1n) is 8.38. The molecule has 0 aliphatic carbocycles. The Hall–Kier alpha value is -1.65. The molecule has 1 aromatic heterocycles. The van der Waals surface area contributed by atoms with E-state index in [4.69, 9.17) is 9.52 Å². The molecule has 2 aromatic rings. The zero-order valence-electron chi connectivity index (χ0n) is 13.4. The highest BCUT2D eigenvalue weighted by molar-refractivity contribution is 5.16. The van der Waals surface area contributed by atoms with Crippen LogP contribution in [0.4, 0.5) is 4.39 Å². The summed E-state index contributed by atoms with van der Waals surface area (Å²) in [6, 6.07) is 10.7. The van der Waals surface area contributed by atoms with Crippen molar-refractivity contribution in [2.45, 2.75) is 38.8 Å². The highest BCUT2D eigenvalue weighted by atomic mass is 19.1. The van der Waals surface area contributed by atoms with Crippen LogP contribution in [-0.2, 0) is 19.6 Å². The number of benzene rings is 1. The molecule has 3 rings (SSSR count). The molecule has 1 aromatic carbocycles. The van der Waals surface area contributed by atoms with Crippen LogP contribution in [0, 0.1) is 11.7 Å². The fraction of sp³-hybridized carbons (Fsp3) is 0.474. The predicted octanol–water partition coefficient (Wildman–Crippen LogP) is 3.76. The molecule has 0 bridgehead atoms. The summed E-state index contributed by atoms with van der Waals surface area (Å²) in [5.41, 5.74) is 1.08. The second-order valence-electron chi connectivity index (χ2n) is 6.44. The van der Waals surface area contributed by atoms with Gasteiger partial charge in [0.25, 0.3) is 0 Å². The first kappa shape index (κ1) is 16.2. The van der Waals surface area contributed by atoms with Gasteiger partial charge >= 0.3 is 0 Å². The van der Waals surface area contributed by atoms with Crippen LogP contribution >= 0.6 is 0 Å². The number of halogens is 1. The van der Waals surface area contributed by atoms with E-state index in [2.05, 4.69) is 4.90 Å². The van der Waals surface area contributed by atoms with Gasteiger partial charge in [0.15, 0.2) is 0 Å². The van der Waals surface area contributed by atoms with Gasteiger partial charge in [-0.05, 0) is 68.0 Å². The number of aliphatic hydroxyl groups is 1. The zero-order chi connectivity index (χ0) is 16.1. The predicted molar refractivity (Wildman–Crippen MR) is 87.4 cm³/mol. The molecule has 1 N–H and O–H groups in total. The Labute approximate surface area is 136 Å². The lowest BCUT2D eigenvalue weighted by Gasteiger charge is -2.32. The summed E-state index contributed by atoms with van der Waals surface area (Å²) in [6.45, 7) is 2.91. The van der Waals surface area contributed by atoms with Gasteiger partial charge in [0.05, 0.1) is 6.54 Å². The maximum atomic E-state index is 13.2. The monoisotopic (exact) mass is 317 g/mol. The van der Waals surface area contributed by atoms with Crippen LogP contribution in [0.5, 0.6) is 0 Å². The average molecular weight is 317 g/mol. The first-order valence-corrected chi connectivity index (χ1v) is 8.38. The molecule has 0 spiro atoms. The quantitative estimate of drug-likeness (QED) is 0.881. The van der Waals surface area contributed by atoms with Crippen molar-refractivity contribution in [1.82, 2.24) is 4.90 Å². The number of piperidine rings is 1. The van der Waals surface area contributed by atoms with Crippen LogP contribution in [0.3, 0.4) is 0 Å². The maximum Gasteiger partial charge on any atom is 0.129 e. The van der Waals surface area contributed by atoms with Crippen LogP contribution in [0.2, 0.25) is 0 Å². The third-order valence-corrected chi connectivity index (χ3v) is 4.59. The number of aliphatic hydroxyl groups excluding tert-OH is 1. The molecule has 1 saturated heterocycles. The number of nitrogens with zero attached hydrogens (tertiary/aromatic N) is 1. The SMILES string of the molecule is OCc1ccc(CN2CCC[C@@H](CCc3cccc(F)c3)C2)o1. The highest BCUT2D eigenvalue weighted by Crippen LogP contribution is 2.23. The number of hydrogen-bond donors (Lipinski definition) is 1. The molecule has 0 saturated carbocycles. The molecular formula is C19H24FNO2. The molecule has 1 aliphatic heterocycles. The minimum absolute atomic E-state index is 0.0454. The molecule has 0 unspecified atom stereocenters. The van der Waals surface area contributed by atoms with E-state index in [1.54, 1.807) is 12.1 Å². The summed E-state index contributed by atoms with van der Waals surface area (Å²) in [6.07, 6.45) is 4.47. The normalized spacial score (nSPS) is 19.1. The fourth-order valence-corrected chi connectivity index (χ4v) is 3.41. The van der Waals surface area contributed by atoms with Gasteiger partial charge in [-0.3, -0.25) is 4.90 Å². The molecule has 124 valence electrons. The number of rotatable bonds is 6. The van der Waals surface area contributed by atoms with Crippen molar-refractivity contribution in [3.8, 4) is 0 Å². The van der Waals surface area contributed by atoms with E-state index in [0.29, 0.717) is 11.7 Å². The second kappa shape index (κ2) is 7.75. The number of furan rings is 1. The van der Waals surface area contributed by atoms with E-state index in [-0.39, 0.29) is 12.4 Å². The van der Waals surface area contributed by atoms with Gasteiger partial charge in [-0.25, -0.2) is 4.39 Å².